The average Bonchev–Trinajstić information content (AvgIpc) is 2.69. The molecule has 0 saturated heterocycles. The molecule has 0 radical (unpaired) electrons. The van der Waals surface area contributed by atoms with Crippen LogP contribution in [0.3, 0.4) is 0 Å². The average molecular weight is 280 g/mol. The van der Waals surface area contributed by atoms with Crippen molar-refractivity contribution in [3.05, 3.63) is 46.4 Å². The number of hydrogen-bond acceptors (Lipinski definition) is 3. The Morgan fingerprint density at radius 3 is 2.63 bits per heavy atom. The molecule has 0 atom stereocenters. The van der Waals surface area contributed by atoms with Crippen LogP contribution < -0.4 is 10.1 Å². The number of halogens is 1. The third kappa shape index (κ3) is 2.90. The van der Waals surface area contributed by atoms with Crippen LogP contribution in [0.15, 0.2) is 28.7 Å². The first kappa shape index (κ1) is 13.5. The SMILES string of the molecule is COc1ccc(Cl)cc1NC(=O)c1cc(C)oc1C. The highest BCUT2D eigenvalue weighted by Gasteiger charge is 2.15. The summed E-state index contributed by atoms with van der Waals surface area (Å²) in [6.45, 7) is 3.54. The van der Waals surface area contributed by atoms with Gasteiger partial charge in [0.25, 0.3) is 5.91 Å². The lowest BCUT2D eigenvalue weighted by Crippen LogP contribution is -2.12. The summed E-state index contributed by atoms with van der Waals surface area (Å²) >= 11 is 5.91. The van der Waals surface area contributed by atoms with E-state index >= 15 is 0 Å². The van der Waals surface area contributed by atoms with Gasteiger partial charge in [-0.1, -0.05) is 11.6 Å². The summed E-state index contributed by atoms with van der Waals surface area (Å²) in [4.78, 5) is 12.2. The molecular weight excluding hydrogens is 266 g/mol. The van der Waals surface area contributed by atoms with Gasteiger partial charge in [0.05, 0.1) is 18.4 Å². The molecule has 1 amide bonds. The predicted octanol–water partition coefficient (Wildman–Crippen LogP) is 3.81. The summed E-state index contributed by atoms with van der Waals surface area (Å²) in [6.07, 6.45) is 0. The lowest BCUT2D eigenvalue weighted by Gasteiger charge is -2.10. The molecule has 0 fully saturated rings. The van der Waals surface area contributed by atoms with Gasteiger partial charge in [0.1, 0.15) is 17.3 Å². The van der Waals surface area contributed by atoms with Crippen molar-refractivity contribution in [2.24, 2.45) is 0 Å². The quantitative estimate of drug-likeness (QED) is 0.929. The van der Waals surface area contributed by atoms with Crippen LogP contribution in [0.2, 0.25) is 5.02 Å². The number of furan rings is 1. The second-order valence-electron chi connectivity index (χ2n) is 4.13. The largest absolute Gasteiger partial charge is 0.495 e. The van der Waals surface area contributed by atoms with Gasteiger partial charge in [0.2, 0.25) is 0 Å². The molecule has 0 spiro atoms. The van der Waals surface area contributed by atoms with Crippen LogP contribution in [0.5, 0.6) is 5.75 Å². The molecule has 2 rings (SSSR count). The molecule has 0 unspecified atom stereocenters. The van der Waals surface area contributed by atoms with Crippen molar-refractivity contribution >= 4 is 23.2 Å². The second kappa shape index (κ2) is 5.36. The van der Waals surface area contributed by atoms with E-state index < -0.39 is 0 Å². The second-order valence-corrected chi connectivity index (χ2v) is 4.56. The van der Waals surface area contributed by atoms with Gasteiger partial charge >= 0.3 is 0 Å². The summed E-state index contributed by atoms with van der Waals surface area (Å²) in [5.74, 6) is 1.57. The number of amides is 1. The van der Waals surface area contributed by atoms with E-state index in [1.807, 2.05) is 0 Å². The summed E-state index contributed by atoms with van der Waals surface area (Å²) in [7, 11) is 1.53. The highest BCUT2D eigenvalue weighted by atomic mass is 35.5. The monoisotopic (exact) mass is 279 g/mol. The van der Waals surface area contributed by atoms with Gasteiger partial charge in [0.15, 0.2) is 0 Å². The van der Waals surface area contributed by atoms with Crippen LogP contribution in [0.4, 0.5) is 5.69 Å². The highest BCUT2D eigenvalue weighted by Crippen LogP contribution is 2.28. The fourth-order valence-corrected chi connectivity index (χ4v) is 2.00. The Morgan fingerprint density at radius 2 is 2.05 bits per heavy atom. The zero-order valence-electron chi connectivity index (χ0n) is 10.9. The first-order valence-electron chi connectivity index (χ1n) is 5.73. The van der Waals surface area contributed by atoms with E-state index in [0.717, 1.165) is 0 Å². The van der Waals surface area contributed by atoms with E-state index in [2.05, 4.69) is 5.32 Å². The normalized spacial score (nSPS) is 10.3. The Balaban J connectivity index is 2.28. The van der Waals surface area contributed by atoms with E-state index in [1.165, 1.54) is 7.11 Å². The number of rotatable bonds is 3. The van der Waals surface area contributed by atoms with Crippen LogP contribution in [-0.2, 0) is 0 Å². The third-order valence-electron chi connectivity index (χ3n) is 2.70. The third-order valence-corrected chi connectivity index (χ3v) is 2.93. The first-order valence-corrected chi connectivity index (χ1v) is 6.11. The zero-order chi connectivity index (χ0) is 14.0. The number of hydrogen-bond donors (Lipinski definition) is 1. The molecule has 4 nitrogen and oxygen atoms in total. The number of benzene rings is 1. The minimum absolute atomic E-state index is 0.255. The maximum atomic E-state index is 12.2. The molecule has 2 aromatic rings. The Labute approximate surface area is 116 Å². The maximum Gasteiger partial charge on any atom is 0.259 e. The lowest BCUT2D eigenvalue weighted by atomic mass is 10.2. The molecule has 0 aliphatic rings. The van der Waals surface area contributed by atoms with E-state index in [9.17, 15) is 4.79 Å². The molecular formula is C14H14ClNO3. The van der Waals surface area contributed by atoms with Crippen LogP contribution in [-0.4, -0.2) is 13.0 Å². The molecule has 0 bridgehead atoms. The van der Waals surface area contributed by atoms with Gasteiger partial charge in [0, 0.05) is 5.02 Å². The molecule has 0 aliphatic carbocycles. The lowest BCUT2D eigenvalue weighted by molar-refractivity contribution is 0.102. The van der Waals surface area contributed by atoms with Gasteiger partial charge in [-0.25, -0.2) is 0 Å². The molecule has 19 heavy (non-hydrogen) atoms. The molecule has 1 N–H and O–H groups in total. The molecule has 100 valence electrons. The van der Waals surface area contributed by atoms with Crippen LogP contribution in [0.1, 0.15) is 21.9 Å². The number of carbonyl (C=O) groups excluding carboxylic acids is 1. The van der Waals surface area contributed by atoms with Crippen molar-refractivity contribution in [2.45, 2.75) is 13.8 Å². The minimum atomic E-state index is -0.255. The van der Waals surface area contributed by atoms with Gasteiger partial charge in [-0.15, -0.1) is 0 Å². The number of methoxy groups -OCH3 is 1. The molecule has 0 saturated carbocycles. The molecule has 0 aliphatic heterocycles. The van der Waals surface area contributed by atoms with Crippen molar-refractivity contribution in [1.29, 1.82) is 0 Å². The standard InChI is InChI=1S/C14H14ClNO3/c1-8-6-11(9(2)19-8)14(17)16-12-7-10(15)4-5-13(12)18-3/h4-7H,1-3H3,(H,16,17). The number of nitrogens with one attached hydrogen (secondary N) is 1. The number of anilines is 1. The molecule has 1 aromatic carbocycles. The smallest absolute Gasteiger partial charge is 0.259 e. The van der Waals surface area contributed by atoms with Crippen molar-refractivity contribution in [3.8, 4) is 5.75 Å². The summed E-state index contributed by atoms with van der Waals surface area (Å²) in [5, 5.41) is 3.29. The number of aryl methyl sites for hydroxylation is 2. The van der Waals surface area contributed by atoms with E-state index in [1.54, 1.807) is 38.1 Å². The Hall–Kier alpha value is -1.94. The minimum Gasteiger partial charge on any atom is -0.495 e. The maximum absolute atomic E-state index is 12.2. The Bertz CT molecular complexity index is 619. The molecule has 5 heteroatoms. The summed E-state index contributed by atoms with van der Waals surface area (Å²) in [6, 6.07) is 6.73. The van der Waals surface area contributed by atoms with Crippen molar-refractivity contribution in [2.75, 3.05) is 12.4 Å². The van der Waals surface area contributed by atoms with Crippen molar-refractivity contribution in [1.82, 2.24) is 0 Å². The first-order chi connectivity index (χ1) is 9.01. The fraction of sp³-hybridized carbons (Fsp3) is 0.214. The van der Waals surface area contributed by atoms with Gasteiger partial charge in [-0.2, -0.15) is 0 Å². The topological polar surface area (TPSA) is 51.5 Å². The van der Waals surface area contributed by atoms with Crippen LogP contribution in [0, 0.1) is 13.8 Å². The fourth-order valence-electron chi connectivity index (χ4n) is 1.82. The van der Waals surface area contributed by atoms with E-state index in [4.69, 9.17) is 20.8 Å². The van der Waals surface area contributed by atoms with Crippen molar-refractivity contribution in [3.63, 3.8) is 0 Å². The van der Waals surface area contributed by atoms with Crippen LogP contribution >= 0.6 is 11.6 Å². The van der Waals surface area contributed by atoms with Crippen molar-refractivity contribution < 1.29 is 13.9 Å². The molecule has 1 aromatic heterocycles. The Kier molecular flexibility index (Phi) is 3.81. The van der Waals surface area contributed by atoms with Crippen LogP contribution in [0.25, 0.3) is 0 Å². The highest BCUT2D eigenvalue weighted by molar-refractivity contribution is 6.31. The van der Waals surface area contributed by atoms with Gasteiger partial charge < -0.3 is 14.5 Å². The van der Waals surface area contributed by atoms with Gasteiger partial charge in [-0.3, -0.25) is 4.79 Å². The number of carbonyl (C=O) groups is 1. The summed E-state index contributed by atoms with van der Waals surface area (Å²) in [5.41, 5.74) is 1.03. The zero-order valence-corrected chi connectivity index (χ0v) is 11.7. The van der Waals surface area contributed by atoms with E-state index in [-0.39, 0.29) is 5.91 Å². The Morgan fingerprint density at radius 1 is 1.32 bits per heavy atom. The predicted molar refractivity (Wildman–Crippen MR) is 74.1 cm³/mol. The summed E-state index contributed by atoms with van der Waals surface area (Å²) < 4.78 is 10.5. The van der Waals surface area contributed by atoms with Gasteiger partial charge in [-0.05, 0) is 38.1 Å². The number of ether oxygens (including phenoxy) is 1. The molecule has 1 heterocycles. The van der Waals surface area contributed by atoms with E-state index in [0.29, 0.717) is 33.5 Å².